The number of halogens is 1. The number of anilines is 1. The fraction of sp³-hybridized carbons (Fsp3) is 0.125. The number of amides is 1. The van der Waals surface area contributed by atoms with Crippen LogP contribution in [0.3, 0.4) is 0 Å². The van der Waals surface area contributed by atoms with Crippen LogP contribution in [0.5, 0.6) is 11.5 Å². The van der Waals surface area contributed by atoms with E-state index in [-0.39, 0.29) is 18.4 Å². The summed E-state index contributed by atoms with van der Waals surface area (Å²) in [6.45, 7) is 1.70. The number of methoxy groups -OCH3 is 1. The van der Waals surface area contributed by atoms with Crippen LogP contribution in [0.4, 0.5) is 5.69 Å². The number of aromatic nitrogens is 2. The second-order valence-electron chi connectivity index (χ2n) is 6.95. The average molecular weight is 450 g/mol. The number of aryl methyl sites for hydroxylation is 1. The molecule has 0 spiro atoms. The molecule has 0 unspecified atom stereocenters. The van der Waals surface area contributed by atoms with Crippen LogP contribution in [-0.4, -0.2) is 29.8 Å². The third kappa shape index (κ3) is 4.90. The summed E-state index contributed by atoms with van der Waals surface area (Å²) in [7, 11) is 1.61. The van der Waals surface area contributed by atoms with Gasteiger partial charge in [0.2, 0.25) is 5.82 Å². The predicted octanol–water partition coefficient (Wildman–Crippen LogP) is 5.39. The maximum atomic E-state index is 12.3. The fourth-order valence-electron chi connectivity index (χ4n) is 2.97. The van der Waals surface area contributed by atoms with Gasteiger partial charge in [-0.25, -0.2) is 0 Å². The number of para-hydroxylation sites is 1. The van der Waals surface area contributed by atoms with Crippen LogP contribution >= 0.6 is 11.6 Å². The molecule has 0 radical (unpaired) electrons. The van der Waals surface area contributed by atoms with Gasteiger partial charge in [-0.05, 0) is 61.0 Å². The first kappa shape index (κ1) is 21.4. The summed E-state index contributed by atoms with van der Waals surface area (Å²) in [5.74, 6) is 1.60. The molecule has 3 aromatic carbocycles. The van der Waals surface area contributed by atoms with Crippen molar-refractivity contribution in [2.75, 3.05) is 19.0 Å². The minimum Gasteiger partial charge on any atom is -0.497 e. The Labute approximate surface area is 189 Å². The molecule has 0 aliphatic rings. The highest BCUT2D eigenvalue weighted by Crippen LogP contribution is 2.30. The molecule has 4 rings (SSSR count). The SMILES string of the molecule is COc1ccc(-c2noc(-c3ccccc3OCC(=O)Nc3ccc(C)c(Cl)c3)n2)cc1. The lowest BCUT2D eigenvalue weighted by atomic mass is 10.2. The summed E-state index contributed by atoms with van der Waals surface area (Å²) < 4.78 is 16.3. The van der Waals surface area contributed by atoms with Crippen molar-refractivity contribution < 1.29 is 18.8 Å². The molecule has 1 N–H and O–H groups in total. The molecule has 1 heterocycles. The third-order valence-electron chi connectivity index (χ3n) is 4.71. The van der Waals surface area contributed by atoms with Gasteiger partial charge in [-0.3, -0.25) is 4.79 Å². The van der Waals surface area contributed by atoms with Crippen molar-refractivity contribution in [3.8, 4) is 34.3 Å². The van der Waals surface area contributed by atoms with E-state index in [0.29, 0.717) is 27.8 Å². The molecule has 0 aliphatic heterocycles. The topological polar surface area (TPSA) is 86.5 Å². The van der Waals surface area contributed by atoms with Crippen molar-refractivity contribution in [3.63, 3.8) is 0 Å². The summed E-state index contributed by atoms with van der Waals surface area (Å²) in [5, 5.41) is 7.40. The number of ether oxygens (including phenoxy) is 2. The van der Waals surface area contributed by atoms with Gasteiger partial charge in [0.15, 0.2) is 6.61 Å². The van der Waals surface area contributed by atoms with Crippen molar-refractivity contribution in [2.45, 2.75) is 6.92 Å². The van der Waals surface area contributed by atoms with Gasteiger partial charge in [0.05, 0.1) is 12.7 Å². The molecule has 0 fully saturated rings. The van der Waals surface area contributed by atoms with E-state index in [1.807, 2.05) is 43.3 Å². The second-order valence-corrected chi connectivity index (χ2v) is 7.36. The molecular formula is C24H20ClN3O4. The summed E-state index contributed by atoms with van der Waals surface area (Å²) in [6.07, 6.45) is 0. The summed E-state index contributed by atoms with van der Waals surface area (Å²) in [5.41, 5.74) is 2.91. The van der Waals surface area contributed by atoms with Crippen molar-refractivity contribution in [1.82, 2.24) is 10.1 Å². The van der Waals surface area contributed by atoms with Crippen LogP contribution in [0.1, 0.15) is 5.56 Å². The summed E-state index contributed by atoms with van der Waals surface area (Å²) >= 11 is 6.11. The van der Waals surface area contributed by atoms with E-state index in [9.17, 15) is 4.79 Å². The number of rotatable bonds is 7. The normalized spacial score (nSPS) is 10.6. The van der Waals surface area contributed by atoms with Crippen molar-refractivity contribution in [2.24, 2.45) is 0 Å². The van der Waals surface area contributed by atoms with Gasteiger partial charge in [-0.2, -0.15) is 4.98 Å². The summed E-state index contributed by atoms with van der Waals surface area (Å²) in [6, 6.07) is 19.8. The highest BCUT2D eigenvalue weighted by atomic mass is 35.5. The zero-order chi connectivity index (χ0) is 22.5. The molecule has 1 amide bonds. The first-order valence-electron chi connectivity index (χ1n) is 9.80. The fourth-order valence-corrected chi connectivity index (χ4v) is 3.15. The third-order valence-corrected chi connectivity index (χ3v) is 5.11. The molecule has 0 bridgehead atoms. The maximum Gasteiger partial charge on any atom is 0.262 e. The van der Waals surface area contributed by atoms with E-state index < -0.39 is 0 Å². The predicted molar refractivity (Wildman–Crippen MR) is 122 cm³/mol. The van der Waals surface area contributed by atoms with E-state index >= 15 is 0 Å². The molecule has 8 heteroatoms. The Balaban J connectivity index is 1.46. The van der Waals surface area contributed by atoms with E-state index in [4.69, 9.17) is 25.6 Å². The van der Waals surface area contributed by atoms with Crippen LogP contribution in [-0.2, 0) is 4.79 Å². The van der Waals surface area contributed by atoms with E-state index in [1.165, 1.54) is 0 Å². The van der Waals surface area contributed by atoms with E-state index in [0.717, 1.165) is 16.9 Å². The largest absolute Gasteiger partial charge is 0.497 e. The first-order valence-corrected chi connectivity index (χ1v) is 10.2. The minimum atomic E-state index is -0.316. The Morgan fingerprint density at radius 1 is 1.09 bits per heavy atom. The minimum absolute atomic E-state index is 0.192. The molecule has 1 aromatic heterocycles. The number of hydrogen-bond acceptors (Lipinski definition) is 6. The molecule has 32 heavy (non-hydrogen) atoms. The molecule has 7 nitrogen and oxygen atoms in total. The van der Waals surface area contributed by atoms with Gasteiger partial charge in [0, 0.05) is 16.3 Å². The molecular weight excluding hydrogens is 430 g/mol. The lowest BCUT2D eigenvalue weighted by molar-refractivity contribution is -0.118. The standard InChI is InChI=1S/C24H20ClN3O4/c1-15-7-10-17(13-20(15)25)26-22(29)14-31-21-6-4-3-5-19(21)24-27-23(28-32-24)16-8-11-18(30-2)12-9-16/h3-13H,14H2,1-2H3,(H,26,29). The van der Waals surface area contributed by atoms with Gasteiger partial charge in [0.1, 0.15) is 11.5 Å². The van der Waals surface area contributed by atoms with Crippen LogP contribution < -0.4 is 14.8 Å². The van der Waals surface area contributed by atoms with Gasteiger partial charge < -0.3 is 19.3 Å². The van der Waals surface area contributed by atoms with Crippen LogP contribution in [0.25, 0.3) is 22.8 Å². The van der Waals surface area contributed by atoms with Crippen LogP contribution in [0.15, 0.2) is 71.3 Å². The molecule has 0 aliphatic carbocycles. The maximum absolute atomic E-state index is 12.3. The first-order chi connectivity index (χ1) is 15.5. The van der Waals surface area contributed by atoms with Gasteiger partial charge >= 0.3 is 0 Å². The number of benzene rings is 3. The van der Waals surface area contributed by atoms with E-state index in [1.54, 1.807) is 37.4 Å². The zero-order valence-corrected chi connectivity index (χ0v) is 18.2. The van der Waals surface area contributed by atoms with Crippen LogP contribution in [0.2, 0.25) is 5.02 Å². The Hall–Kier alpha value is -3.84. The molecule has 0 atom stereocenters. The Morgan fingerprint density at radius 2 is 1.88 bits per heavy atom. The van der Waals surface area contributed by atoms with Crippen molar-refractivity contribution in [1.29, 1.82) is 0 Å². The monoisotopic (exact) mass is 449 g/mol. The van der Waals surface area contributed by atoms with Gasteiger partial charge in [-0.15, -0.1) is 0 Å². The Kier molecular flexibility index (Phi) is 6.37. The van der Waals surface area contributed by atoms with Crippen molar-refractivity contribution in [3.05, 3.63) is 77.3 Å². The van der Waals surface area contributed by atoms with Gasteiger partial charge in [-0.1, -0.05) is 35.0 Å². The Bertz CT molecular complexity index is 1240. The molecule has 0 saturated heterocycles. The molecule has 162 valence electrons. The zero-order valence-electron chi connectivity index (χ0n) is 17.5. The lowest BCUT2D eigenvalue weighted by Crippen LogP contribution is -2.20. The molecule has 4 aromatic rings. The highest BCUT2D eigenvalue weighted by molar-refractivity contribution is 6.31. The lowest BCUT2D eigenvalue weighted by Gasteiger charge is -2.10. The molecule has 0 saturated carbocycles. The number of hydrogen-bond donors (Lipinski definition) is 1. The van der Waals surface area contributed by atoms with E-state index in [2.05, 4.69) is 15.5 Å². The number of carbonyl (C=O) groups excluding carboxylic acids is 1. The number of nitrogens with zero attached hydrogens (tertiary/aromatic N) is 2. The smallest absolute Gasteiger partial charge is 0.262 e. The quantitative estimate of drug-likeness (QED) is 0.407. The summed E-state index contributed by atoms with van der Waals surface area (Å²) in [4.78, 5) is 16.8. The second kappa shape index (κ2) is 9.53. The van der Waals surface area contributed by atoms with Crippen LogP contribution in [0, 0.1) is 6.92 Å². The Morgan fingerprint density at radius 3 is 2.62 bits per heavy atom. The highest BCUT2D eigenvalue weighted by Gasteiger charge is 2.16. The van der Waals surface area contributed by atoms with Gasteiger partial charge in [0.25, 0.3) is 11.8 Å². The van der Waals surface area contributed by atoms with Crippen molar-refractivity contribution >= 4 is 23.2 Å². The number of carbonyl (C=O) groups is 1. The average Bonchev–Trinajstić information content (AvgIpc) is 3.30. The number of nitrogens with one attached hydrogen (secondary N) is 1.